The normalized spacial score (nSPS) is 17.0. The van der Waals surface area contributed by atoms with Crippen molar-refractivity contribution >= 4 is 21.4 Å². The van der Waals surface area contributed by atoms with Gasteiger partial charge in [-0.1, -0.05) is 19.3 Å². The van der Waals surface area contributed by atoms with Crippen molar-refractivity contribution in [2.24, 2.45) is 11.7 Å². The summed E-state index contributed by atoms with van der Waals surface area (Å²) >= 11 is 1.39. The van der Waals surface area contributed by atoms with Crippen molar-refractivity contribution in [2.45, 2.75) is 37.1 Å². The summed E-state index contributed by atoms with van der Waals surface area (Å²) in [5.74, 6) is 0.717. The number of thiophene rings is 1. The maximum absolute atomic E-state index is 12.0. The Morgan fingerprint density at radius 1 is 1.47 bits per heavy atom. The van der Waals surface area contributed by atoms with Crippen LogP contribution in [0.3, 0.4) is 0 Å². The van der Waals surface area contributed by atoms with Crippen LogP contribution in [0.15, 0.2) is 16.3 Å². The molecule has 0 aromatic carbocycles. The summed E-state index contributed by atoms with van der Waals surface area (Å²) in [4.78, 5) is 1.07. The molecule has 6 heteroatoms. The van der Waals surface area contributed by atoms with Crippen LogP contribution in [0.1, 0.15) is 30.6 Å². The largest absolute Gasteiger partial charge is 0.326 e. The SMILES string of the molecule is NCc1sccc1S(=O)(=O)NCCC1CCC1. The zero-order valence-corrected chi connectivity index (χ0v) is 11.3. The van der Waals surface area contributed by atoms with Gasteiger partial charge in [0.05, 0.1) is 4.90 Å². The second kappa shape index (κ2) is 5.48. The van der Waals surface area contributed by atoms with E-state index >= 15 is 0 Å². The van der Waals surface area contributed by atoms with E-state index in [2.05, 4.69) is 4.72 Å². The molecule has 1 fully saturated rings. The predicted octanol–water partition coefficient (Wildman–Crippen LogP) is 1.68. The molecular formula is C11H18N2O2S2. The Hall–Kier alpha value is -0.430. The molecule has 0 atom stereocenters. The first-order valence-corrected chi connectivity index (χ1v) is 8.26. The topological polar surface area (TPSA) is 72.2 Å². The average molecular weight is 274 g/mol. The molecule has 2 rings (SSSR count). The van der Waals surface area contributed by atoms with Gasteiger partial charge in [0.15, 0.2) is 0 Å². The molecule has 0 saturated heterocycles. The van der Waals surface area contributed by atoms with E-state index in [1.165, 1.54) is 30.6 Å². The van der Waals surface area contributed by atoms with Crippen molar-refractivity contribution in [1.29, 1.82) is 0 Å². The number of hydrogen-bond acceptors (Lipinski definition) is 4. The van der Waals surface area contributed by atoms with Crippen LogP contribution in [-0.2, 0) is 16.6 Å². The molecule has 1 aromatic heterocycles. The molecule has 0 amide bonds. The van der Waals surface area contributed by atoms with E-state index in [0.717, 1.165) is 11.3 Å². The first-order chi connectivity index (χ1) is 8.13. The number of nitrogens with one attached hydrogen (secondary N) is 1. The van der Waals surface area contributed by atoms with Crippen molar-refractivity contribution in [3.63, 3.8) is 0 Å². The Kier molecular flexibility index (Phi) is 4.19. The van der Waals surface area contributed by atoms with Gasteiger partial charge >= 0.3 is 0 Å². The van der Waals surface area contributed by atoms with Gasteiger partial charge in [0.1, 0.15) is 0 Å². The molecule has 1 aromatic rings. The summed E-state index contributed by atoms with van der Waals surface area (Å²) < 4.78 is 26.7. The first kappa shape index (κ1) is 13.0. The summed E-state index contributed by atoms with van der Waals surface area (Å²) in [6.07, 6.45) is 4.73. The lowest BCUT2D eigenvalue weighted by Crippen LogP contribution is -2.28. The zero-order valence-electron chi connectivity index (χ0n) is 9.69. The molecule has 0 spiro atoms. The Bertz CT molecular complexity index is 464. The standard InChI is InChI=1S/C11H18N2O2S2/c12-8-10-11(5-7-16-10)17(14,15)13-6-4-9-2-1-3-9/h5,7,9,13H,1-4,6,8,12H2. The van der Waals surface area contributed by atoms with Crippen molar-refractivity contribution in [1.82, 2.24) is 4.72 Å². The fourth-order valence-corrected chi connectivity index (χ4v) is 4.35. The highest BCUT2D eigenvalue weighted by molar-refractivity contribution is 7.89. The monoisotopic (exact) mass is 274 g/mol. The maximum Gasteiger partial charge on any atom is 0.241 e. The van der Waals surface area contributed by atoms with Crippen molar-refractivity contribution in [2.75, 3.05) is 6.54 Å². The summed E-state index contributed by atoms with van der Waals surface area (Å²) in [6, 6.07) is 1.62. The molecule has 0 aliphatic heterocycles. The van der Waals surface area contributed by atoms with E-state index in [-0.39, 0.29) is 6.54 Å². The van der Waals surface area contributed by atoms with E-state index in [9.17, 15) is 8.42 Å². The van der Waals surface area contributed by atoms with Gasteiger partial charge in [-0.15, -0.1) is 11.3 Å². The van der Waals surface area contributed by atoms with Crippen LogP contribution in [0.2, 0.25) is 0 Å². The highest BCUT2D eigenvalue weighted by Gasteiger charge is 2.21. The third-order valence-corrected chi connectivity index (χ3v) is 5.87. The smallest absolute Gasteiger partial charge is 0.241 e. The van der Waals surface area contributed by atoms with Crippen LogP contribution < -0.4 is 10.5 Å². The van der Waals surface area contributed by atoms with Crippen molar-refractivity contribution < 1.29 is 8.42 Å². The highest BCUT2D eigenvalue weighted by atomic mass is 32.2. The molecule has 0 radical (unpaired) electrons. The lowest BCUT2D eigenvalue weighted by molar-refractivity contribution is 0.297. The molecule has 0 bridgehead atoms. The predicted molar refractivity (Wildman–Crippen MR) is 69.4 cm³/mol. The second-order valence-electron chi connectivity index (χ2n) is 4.40. The van der Waals surface area contributed by atoms with Gasteiger partial charge < -0.3 is 5.73 Å². The van der Waals surface area contributed by atoms with E-state index in [0.29, 0.717) is 17.4 Å². The number of rotatable bonds is 6. The third-order valence-electron chi connectivity index (χ3n) is 3.25. The second-order valence-corrected chi connectivity index (χ2v) is 7.13. The minimum atomic E-state index is -3.36. The minimum Gasteiger partial charge on any atom is -0.326 e. The maximum atomic E-state index is 12.0. The van der Waals surface area contributed by atoms with Gasteiger partial charge in [0.25, 0.3) is 0 Å². The molecule has 1 aliphatic carbocycles. The van der Waals surface area contributed by atoms with Crippen LogP contribution in [0, 0.1) is 5.92 Å². The first-order valence-electron chi connectivity index (χ1n) is 5.89. The Balaban J connectivity index is 1.93. The van der Waals surface area contributed by atoms with Gasteiger partial charge in [-0.25, -0.2) is 13.1 Å². The van der Waals surface area contributed by atoms with E-state index < -0.39 is 10.0 Å². The third kappa shape index (κ3) is 3.07. The fourth-order valence-electron chi connectivity index (χ4n) is 1.97. The number of nitrogens with two attached hydrogens (primary N) is 1. The lowest BCUT2D eigenvalue weighted by Gasteiger charge is -2.25. The molecular weight excluding hydrogens is 256 g/mol. The van der Waals surface area contributed by atoms with E-state index in [4.69, 9.17) is 5.73 Å². The van der Waals surface area contributed by atoms with Gasteiger partial charge in [-0.05, 0) is 23.8 Å². The summed E-state index contributed by atoms with van der Waals surface area (Å²) in [7, 11) is -3.36. The van der Waals surface area contributed by atoms with Crippen LogP contribution in [0.4, 0.5) is 0 Å². The van der Waals surface area contributed by atoms with Gasteiger partial charge in [-0.3, -0.25) is 0 Å². The Labute approximate surface area is 106 Å². The van der Waals surface area contributed by atoms with Gasteiger partial charge in [0, 0.05) is 18.0 Å². The quantitative estimate of drug-likeness (QED) is 0.829. The highest BCUT2D eigenvalue weighted by Crippen LogP contribution is 2.29. The summed E-state index contributed by atoms with van der Waals surface area (Å²) in [5, 5.41) is 1.77. The molecule has 17 heavy (non-hydrogen) atoms. The molecule has 1 aliphatic rings. The molecule has 96 valence electrons. The number of sulfonamides is 1. The minimum absolute atomic E-state index is 0.274. The Morgan fingerprint density at radius 2 is 2.24 bits per heavy atom. The molecule has 1 saturated carbocycles. The van der Waals surface area contributed by atoms with Crippen LogP contribution in [0.25, 0.3) is 0 Å². The van der Waals surface area contributed by atoms with Gasteiger partial charge in [0.2, 0.25) is 10.0 Å². The average Bonchev–Trinajstić information content (AvgIpc) is 2.70. The van der Waals surface area contributed by atoms with Crippen LogP contribution in [-0.4, -0.2) is 15.0 Å². The van der Waals surface area contributed by atoms with Crippen LogP contribution >= 0.6 is 11.3 Å². The molecule has 1 heterocycles. The lowest BCUT2D eigenvalue weighted by atomic mass is 9.83. The molecule has 0 unspecified atom stereocenters. The fraction of sp³-hybridized carbons (Fsp3) is 0.636. The van der Waals surface area contributed by atoms with Crippen molar-refractivity contribution in [3.8, 4) is 0 Å². The molecule has 3 N–H and O–H groups in total. The summed E-state index contributed by atoms with van der Waals surface area (Å²) in [6.45, 7) is 0.809. The van der Waals surface area contributed by atoms with E-state index in [1.54, 1.807) is 11.4 Å². The number of hydrogen-bond donors (Lipinski definition) is 2. The molecule has 4 nitrogen and oxygen atoms in total. The van der Waals surface area contributed by atoms with Crippen LogP contribution in [0.5, 0.6) is 0 Å². The van der Waals surface area contributed by atoms with Gasteiger partial charge in [-0.2, -0.15) is 0 Å². The van der Waals surface area contributed by atoms with E-state index in [1.807, 2.05) is 0 Å². The zero-order chi connectivity index (χ0) is 12.3. The van der Waals surface area contributed by atoms with Crippen molar-refractivity contribution in [3.05, 3.63) is 16.3 Å². The summed E-state index contributed by atoms with van der Waals surface area (Å²) in [5.41, 5.74) is 5.52. The Morgan fingerprint density at radius 3 is 2.82 bits per heavy atom.